The predicted molar refractivity (Wildman–Crippen MR) is 67.6 cm³/mol. The lowest BCUT2D eigenvalue weighted by Crippen LogP contribution is -2.44. The molecule has 0 amide bonds. The lowest BCUT2D eigenvalue weighted by atomic mass is 10.0. The van der Waals surface area contributed by atoms with Crippen molar-refractivity contribution in [2.45, 2.75) is 25.3 Å². The van der Waals surface area contributed by atoms with Crippen LogP contribution in [0.25, 0.3) is 5.65 Å². The number of nitrogens with two attached hydrogens (primary N) is 1. The van der Waals surface area contributed by atoms with Crippen LogP contribution >= 0.6 is 0 Å². The molecule has 96 valence electrons. The van der Waals surface area contributed by atoms with Gasteiger partial charge in [0.25, 0.3) is 0 Å². The van der Waals surface area contributed by atoms with Crippen molar-refractivity contribution in [3.8, 4) is 0 Å². The van der Waals surface area contributed by atoms with E-state index in [1.54, 1.807) is 6.07 Å². The first-order chi connectivity index (χ1) is 8.79. The fourth-order valence-corrected chi connectivity index (χ4v) is 2.49. The van der Waals surface area contributed by atoms with Crippen LogP contribution < -0.4 is 16.3 Å². The minimum absolute atomic E-state index is 0.311. The molecule has 0 saturated carbocycles. The summed E-state index contributed by atoms with van der Waals surface area (Å²) in [6.45, 7) is 1.55. The zero-order valence-corrected chi connectivity index (χ0v) is 10.0. The number of hydrogen-bond acceptors (Lipinski definition) is 5. The van der Waals surface area contributed by atoms with Crippen LogP contribution in [0.5, 0.6) is 0 Å². The zero-order valence-electron chi connectivity index (χ0n) is 10.0. The third-order valence-electron chi connectivity index (χ3n) is 3.45. The number of aromatic nitrogens is 4. The molecule has 1 fully saturated rings. The number of nitrogens with zero attached hydrogens (tertiary/aromatic N) is 4. The van der Waals surface area contributed by atoms with Gasteiger partial charge in [-0.15, -0.1) is 5.10 Å². The van der Waals surface area contributed by atoms with Gasteiger partial charge in [0, 0.05) is 19.1 Å². The molecular formula is C11H16N6O. The highest BCUT2D eigenvalue weighted by Gasteiger charge is 2.22. The maximum absolute atomic E-state index is 11.5. The van der Waals surface area contributed by atoms with Gasteiger partial charge in [-0.2, -0.15) is 9.61 Å². The largest absolute Gasteiger partial charge is 0.364 e. The van der Waals surface area contributed by atoms with E-state index in [0.29, 0.717) is 18.2 Å². The fourth-order valence-electron chi connectivity index (χ4n) is 2.49. The first kappa shape index (κ1) is 11.2. The van der Waals surface area contributed by atoms with E-state index in [0.717, 1.165) is 25.2 Å². The van der Waals surface area contributed by atoms with Crippen molar-refractivity contribution < 1.29 is 0 Å². The minimum Gasteiger partial charge on any atom is -0.351 e. The van der Waals surface area contributed by atoms with Crippen molar-refractivity contribution in [1.82, 2.24) is 19.8 Å². The van der Waals surface area contributed by atoms with E-state index in [-0.39, 0.29) is 5.69 Å². The Morgan fingerprint density at radius 2 is 2.33 bits per heavy atom. The average molecular weight is 248 g/mol. The van der Waals surface area contributed by atoms with Crippen LogP contribution in [-0.4, -0.2) is 38.9 Å². The summed E-state index contributed by atoms with van der Waals surface area (Å²) in [5.41, 5.74) is 6.02. The predicted octanol–water partition coefficient (Wildman–Crippen LogP) is -0.265. The van der Waals surface area contributed by atoms with Gasteiger partial charge in [-0.25, -0.2) is 9.89 Å². The topological polar surface area (TPSA) is 92.3 Å². The second kappa shape index (κ2) is 4.41. The molecule has 18 heavy (non-hydrogen) atoms. The van der Waals surface area contributed by atoms with Gasteiger partial charge < -0.3 is 10.6 Å². The van der Waals surface area contributed by atoms with E-state index >= 15 is 0 Å². The summed E-state index contributed by atoms with van der Waals surface area (Å²) in [5, 5.41) is 10.6. The molecule has 3 heterocycles. The van der Waals surface area contributed by atoms with Gasteiger partial charge in [-0.1, -0.05) is 0 Å². The first-order valence-corrected chi connectivity index (χ1v) is 6.21. The number of H-pyrrole nitrogens is 1. The van der Waals surface area contributed by atoms with Crippen LogP contribution in [0.2, 0.25) is 0 Å². The first-order valence-electron chi connectivity index (χ1n) is 6.21. The molecule has 7 nitrogen and oxygen atoms in total. The molecular weight excluding hydrogens is 232 g/mol. The molecule has 0 bridgehead atoms. The van der Waals surface area contributed by atoms with Crippen LogP contribution in [0, 0.1) is 0 Å². The molecule has 2 aromatic heterocycles. The number of fused-ring (bicyclic) bond motifs is 1. The molecule has 3 N–H and O–H groups in total. The Morgan fingerprint density at radius 3 is 3.17 bits per heavy atom. The number of rotatable bonds is 2. The summed E-state index contributed by atoms with van der Waals surface area (Å²) in [6, 6.07) is 4.00. The van der Waals surface area contributed by atoms with Gasteiger partial charge in [0.05, 0.1) is 0 Å². The Labute approximate surface area is 104 Å². The fraction of sp³-hybridized carbons (Fsp3) is 0.545. The standard InChI is InChI=1S/C11H16N6O/c12-7-8-3-1-2-6-16(8)10-5-4-9-13-14-11(18)17(9)15-10/h4-5,8H,1-3,6-7,12H2,(H,14,18). The molecule has 1 saturated heterocycles. The minimum atomic E-state index is -0.312. The summed E-state index contributed by atoms with van der Waals surface area (Å²) in [6.07, 6.45) is 3.42. The third-order valence-corrected chi connectivity index (χ3v) is 3.45. The van der Waals surface area contributed by atoms with E-state index in [1.807, 2.05) is 6.07 Å². The molecule has 0 radical (unpaired) electrons. The van der Waals surface area contributed by atoms with E-state index in [2.05, 4.69) is 20.2 Å². The summed E-state index contributed by atoms with van der Waals surface area (Å²) in [5.74, 6) is 0.793. The highest BCUT2D eigenvalue weighted by Crippen LogP contribution is 2.22. The molecule has 1 unspecified atom stereocenters. The third kappa shape index (κ3) is 1.76. The highest BCUT2D eigenvalue weighted by atomic mass is 16.2. The number of anilines is 1. The molecule has 0 spiro atoms. The molecule has 2 aromatic rings. The van der Waals surface area contributed by atoms with E-state index in [9.17, 15) is 4.79 Å². The van der Waals surface area contributed by atoms with Crippen LogP contribution in [0.4, 0.5) is 5.82 Å². The van der Waals surface area contributed by atoms with Crippen LogP contribution in [0.1, 0.15) is 19.3 Å². The Balaban J connectivity index is 2.01. The van der Waals surface area contributed by atoms with Crippen LogP contribution in [0.3, 0.4) is 0 Å². The normalized spacial score (nSPS) is 20.5. The maximum atomic E-state index is 11.5. The van der Waals surface area contributed by atoms with Crippen LogP contribution in [-0.2, 0) is 0 Å². The summed E-state index contributed by atoms with van der Waals surface area (Å²) in [4.78, 5) is 13.7. The number of hydrogen-bond donors (Lipinski definition) is 2. The van der Waals surface area contributed by atoms with E-state index in [4.69, 9.17) is 5.73 Å². The number of nitrogens with one attached hydrogen (secondary N) is 1. The van der Waals surface area contributed by atoms with Crippen LogP contribution in [0.15, 0.2) is 16.9 Å². The molecule has 7 heteroatoms. The summed E-state index contributed by atoms with van der Waals surface area (Å²) < 4.78 is 1.29. The van der Waals surface area contributed by atoms with Gasteiger partial charge >= 0.3 is 5.69 Å². The van der Waals surface area contributed by atoms with Gasteiger partial charge in [-0.05, 0) is 31.4 Å². The SMILES string of the molecule is NCC1CCCCN1c1ccc2n[nH]c(=O)n2n1. The van der Waals surface area contributed by atoms with E-state index < -0.39 is 0 Å². The molecule has 1 aliphatic heterocycles. The highest BCUT2D eigenvalue weighted by molar-refractivity contribution is 5.46. The molecule has 1 aliphatic rings. The van der Waals surface area contributed by atoms with Crippen molar-refractivity contribution in [2.24, 2.45) is 5.73 Å². The number of aromatic amines is 1. The van der Waals surface area contributed by atoms with E-state index in [1.165, 1.54) is 10.9 Å². The second-order valence-corrected chi connectivity index (χ2v) is 4.57. The molecule has 0 aliphatic carbocycles. The molecule has 0 aromatic carbocycles. The monoisotopic (exact) mass is 248 g/mol. The average Bonchev–Trinajstić information content (AvgIpc) is 2.80. The lowest BCUT2D eigenvalue weighted by Gasteiger charge is -2.35. The van der Waals surface area contributed by atoms with Crippen molar-refractivity contribution in [3.63, 3.8) is 0 Å². The van der Waals surface area contributed by atoms with Gasteiger partial charge in [0.15, 0.2) is 5.65 Å². The van der Waals surface area contributed by atoms with Crippen molar-refractivity contribution in [1.29, 1.82) is 0 Å². The number of piperidine rings is 1. The summed E-state index contributed by atoms with van der Waals surface area (Å²) in [7, 11) is 0. The van der Waals surface area contributed by atoms with Gasteiger partial charge in [0.2, 0.25) is 0 Å². The second-order valence-electron chi connectivity index (χ2n) is 4.57. The molecule has 1 atom stereocenters. The van der Waals surface area contributed by atoms with Crippen molar-refractivity contribution in [3.05, 3.63) is 22.6 Å². The Kier molecular flexibility index (Phi) is 2.75. The lowest BCUT2D eigenvalue weighted by molar-refractivity contribution is 0.460. The van der Waals surface area contributed by atoms with Crippen molar-refractivity contribution in [2.75, 3.05) is 18.0 Å². The van der Waals surface area contributed by atoms with Gasteiger partial charge in [-0.3, -0.25) is 0 Å². The van der Waals surface area contributed by atoms with Gasteiger partial charge in [0.1, 0.15) is 5.82 Å². The maximum Gasteiger partial charge on any atom is 0.364 e. The quantitative estimate of drug-likeness (QED) is 0.763. The Hall–Kier alpha value is -1.89. The zero-order chi connectivity index (χ0) is 12.5. The summed E-state index contributed by atoms with van der Waals surface area (Å²) >= 11 is 0. The Bertz CT molecular complexity index is 603. The smallest absolute Gasteiger partial charge is 0.351 e. The van der Waals surface area contributed by atoms with Crippen molar-refractivity contribution >= 4 is 11.5 Å². The molecule has 3 rings (SSSR count). The Morgan fingerprint density at radius 1 is 1.44 bits per heavy atom.